The third kappa shape index (κ3) is 3.38. The van der Waals surface area contributed by atoms with Gasteiger partial charge in [-0.15, -0.1) is 0 Å². The second kappa shape index (κ2) is 6.86. The second-order valence-electron chi connectivity index (χ2n) is 6.33. The van der Waals surface area contributed by atoms with Gasteiger partial charge in [0, 0.05) is 31.6 Å². The van der Waals surface area contributed by atoms with Crippen LogP contribution < -0.4 is 4.90 Å². The van der Waals surface area contributed by atoms with Crippen LogP contribution in [-0.2, 0) is 10.0 Å². The smallest absolute Gasteiger partial charge is 0.243 e. The monoisotopic (exact) mass is 389 g/mol. The first-order chi connectivity index (χ1) is 12.9. The minimum absolute atomic E-state index is 0.237. The summed E-state index contributed by atoms with van der Waals surface area (Å²) in [5.74, 6) is -1.45. The van der Waals surface area contributed by atoms with Crippen LogP contribution in [0.3, 0.4) is 0 Å². The molecule has 2 heterocycles. The van der Waals surface area contributed by atoms with E-state index in [9.17, 15) is 17.2 Å². The number of anilines is 1. The Bertz CT molecular complexity index is 1100. The van der Waals surface area contributed by atoms with Crippen LogP contribution in [0.25, 0.3) is 10.9 Å². The molecule has 1 aromatic heterocycles. The maximum Gasteiger partial charge on any atom is 0.243 e. The van der Waals surface area contributed by atoms with E-state index in [4.69, 9.17) is 0 Å². The Morgan fingerprint density at radius 1 is 0.852 bits per heavy atom. The predicted molar refractivity (Wildman–Crippen MR) is 99.1 cm³/mol. The number of halogens is 2. The summed E-state index contributed by atoms with van der Waals surface area (Å²) in [5, 5.41) is 1.04. The van der Waals surface area contributed by atoms with E-state index in [-0.39, 0.29) is 18.0 Å². The molecule has 3 aromatic rings. The highest BCUT2D eigenvalue weighted by molar-refractivity contribution is 7.89. The molecule has 1 fully saturated rings. The Balaban J connectivity index is 1.51. The van der Waals surface area contributed by atoms with Crippen molar-refractivity contribution in [3.05, 3.63) is 66.2 Å². The van der Waals surface area contributed by atoms with Crippen LogP contribution in [0.4, 0.5) is 14.6 Å². The van der Waals surface area contributed by atoms with Gasteiger partial charge >= 0.3 is 0 Å². The Morgan fingerprint density at radius 3 is 2.33 bits per heavy atom. The van der Waals surface area contributed by atoms with Crippen molar-refractivity contribution in [2.45, 2.75) is 4.90 Å². The largest absolute Gasteiger partial charge is 0.354 e. The van der Waals surface area contributed by atoms with Gasteiger partial charge in [0.25, 0.3) is 0 Å². The van der Waals surface area contributed by atoms with Gasteiger partial charge in [0.15, 0.2) is 11.6 Å². The average molecular weight is 389 g/mol. The first-order valence-corrected chi connectivity index (χ1v) is 9.95. The van der Waals surface area contributed by atoms with Gasteiger partial charge in [-0.3, -0.25) is 0 Å². The lowest BCUT2D eigenvalue weighted by atomic mass is 10.2. The maximum atomic E-state index is 13.4. The highest BCUT2D eigenvalue weighted by atomic mass is 32.2. The number of benzene rings is 2. The summed E-state index contributed by atoms with van der Waals surface area (Å²) >= 11 is 0. The Hall–Kier alpha value is -2.58. The van der Waals surface area contributed by atoms with Crippen molar-refractivity contribution in [1.29, 1.82) is 0 Å². The van der Waals surface area contributed by atoms with Crippen LogP contribution in [0.5, 0.6) is 0 Å². The van der Waals surface area contributed by atoms with Gasteiger partial charge in [-0.2, -0.15) is 4.31 Å². The maximum absolute atomic E-state index is 13.4. The molecule has 1 aliphatic heterocycles. The number of sulfonamides is 1. The highest BCUT2D eigenvalue weighted by Gasteiger charge is 2.29. The second-order valence-corrected chi connectivity index (χ2v) is 8.27. The molecule has 0 N–H and O–H groups in total. The molecule has 2 aromatic carbocycles. The fourth-order valence-electron chi connectivity index (χ4n) is 3.18. The number of para-hydroxylation sites is 1. The zero-order valence-corrected chi connectivity index (χ0v) is 15.2. The summed E-state index contributed by atoms with van der Waals surface area (Å²) in [4.78, 5) is 6.41. The molecule has 0 unspecified atom stereocenters. The topological polar surface area (TPSA) is 53.5 Å². The minimum Gasteiger partial charge on any atom is -0.354 e. The van der Waals surface area contributed by atoms with E-state index in [1.807, 2.05) is 41.3 Å². The summed E-state index contributed by atoms with van der Waals surface area (Å²) in [5.41, 5.74) is 0.881. The van der Waals surface area contributed by atoms with E-state index >= 15 is 0 Å². The molecule has 1 saturated heterocycles. The lowest BCUT2D eigenvalue weighted by molar-refractivity contribution is 0.383. The summed E-state index contributed by atoms with van der Waals surface area (Å²) in [6.07, 6.45) is 0. The van der Waals surface area contributed by atoms with Gasteiger partial charge in [-0.1, -0.05) is 18.2 Å². The van der Waals surface area contributed by atoms with Crippen LogP contribution in [0.1, 0.15) is 0 Å². The molecule has 0 spiro atoms. The average Bonchev–Trinajstić information content (AvgIpc) is 2.69. The third-order valence-corrected chi connectivity index (χ3v) is 6.57. The van der Waals surface area contributed by atoms with Gasteiger partial charge < -0.3 is 4.90 Å². The number of hydrogen-bond acceptors (Lipinski definition) is 4. The highest BCUT2D eigenvalue weighted by Crippen LogP contribution is 2.23. The molecule has 0 atom stereocenters. The van der Waals surface area contributed by atoms with Crippen molar-refractivity contribution in [2.24, 2.45) is 0 Å². The molecule has 0 aliphatic carbocycles. The Kier molecular flexibility index (Phi) is 4.53. The SMILES string of the molecule is O=S(=O)(c1ccc(F)c(F)c1)N1CCN(c2ccc3ccccc3n2)CC1. The van der Waals surface area contributed by atoms with Gasteiger partial charge in [0.2, 0.25) is 10.0 Å². The number of rotatable bonds is 3. The fourth-order valence-corrected chi connectivity index (χ4v) is 4.61. The number of fused-ring (bicyclic) bond motifs is 1. The summed E-state index contributed by atoms with van der Waals surface area (Å²) in [7, 11) is -3.86. The Morgan fingerprint density at radius 2 is 1.59 bits per heavy atom. The molecule has 0 amide bonds. The standard InChI is InChI=1S/C19H17F2N3O2S/c20-16-7-6-15(13-17(16)21)27(25,26)24-11-9-23(10-12-24)19-8-5-14-3-1-2-4-18(14)22-19/h1-8,13H,9-12H2. The molecule has 0 saturated carbocycles. The van der Waals surface area contributed by atoms with Gasteiger partial charge in [0.05, 0.1) is 10.4 Å². The number of aromatic nitrogens is 1. The van der Waals surface area contributed by atoms with Crippen molar-refractivity contribution in [2.75, 3.05) is 31.1 Å². The summed E-state index contributed by atoms with van der Waals surface area (Å²) in [6, 6.07) is 14.3. The molecule has 0 bridgehead atoms. The molecule has 0 radical (unpaired) electrons. The van der Waals surface area contributed by atoms with Crippen molar-refractivity contribution >= 4 is 26.7 Å². The van der Waals surface area contributed by atoms with Crippen molar-refractivity contribution < 1.29 is 17.2 Å². The third-order valence-electron chi connectivity index (χ3n) is 4.68. The van der Waals surface area contributed by atoms with E-state index in [2.05, 4.69) is 4.98 Å². The molecular weight excluding hydrogens is 372 g/mol. The number of nitrogens with zero attached hydrogens (tertiary/aromatic N) is 3. The first kappa shape index (κ1) is 17.8. The van der Waals surface area contributed by atoms with Gasteiger partial charge in [0.1, 0.15) is 5.82 Å². The molecule has 4 rings (SSSR count). The van der Waals surface area contributed by atoms with Crippen molar-refractivity contribution in [3.8, 4) is 0 Å². The molecule has 27 heavy (non-hydrogen) atoms. The molecule has 8 heteroatoms. The van der Waals surface area contributed by atoms with Crippen LogP contribution in [0.2, 0.25) is 0 Å². The number of hydrogen-bond donors (Lipinski definition) is 0. The van der Waals surface area contributed by atoms with Gasteiger partial charge in [-0.25, -0.2) is 22.2 Å². The van der Waals surface area contributed by atoms with Crippen LogP contribution in [0, 0.1) is 11.6 Å². The van der Waals surface area contributed by atoms with E-state index in [1.165, 1.54) is 4.31 Å². The van der Waals surface area contributed by atoms with E-state index in [1.54, 1.807) is 0 Å². The van der Waals surface area contributed by atoms with Crippen LogP contribution >= 0.6 is 0 Å². The van der Waals surface area contributed by atoms with Crippen LogP contribution in [0.15, 0.2) is 59.5 Å². The number of pyridine rings is 1. The quantitative estimate of drug-likeness (QED) is 0.691. The Labute approximate surface area is 155 Å². The first-order valence-electron chi connectivity index (χ1n) is 8.51. The van der Waals surface area contributed by atoms with Crippen molar-refractivity contribution in [3.63, 3.8) is 0 Å². The summed E-state index contributed by atoms with van der Waals surface area (Å²) < 4.78 is 53.1. The lowest BCUT2D eigenvalue weighted by Gasteiger charge is -2.34. The normalized spacial score (nSPS) is 16.0. The fraction of sp³-hybridized carbons (Fsp3) is 0.211. The van der Waals surface area contributed by atoms with Crippen LogP contribution in [-0.4, -0.2) is 43.9 Å². The molecule has 140 valence electrons. The minimum atomic E-state index is -3.86. The van der Waals surface area contributed by atoms with Gasteiger partial charge in [-0.05, 0) is 36.4 Å². The van der Waals surface area contributed by atoms with Crippen molar-refractivity contribution in [1.82, 2.24) is 9.29 Å². The summed E-state index contributed by atoms with van der Waals surface area (Å²) in [6.45, 7) is 1.42. The van der Waals surface area contributed by atoms with E-state index in [0.29, 0.717) is 13.1 Å². The molecular formula is C19H17F2N3O2S. The zero-order chi connectivity index (χ0) is 19.0. The predicted octanol–water partition coefficient (Wildman–Crippen LogP) is 3.02. The lowest BCUT2D eigenvalue weighted by Crippen LogP contribution is -2.48. The zero-order valence-electron chi connectivity index (χ0n) is 14.3. The molecule has 1 aliphatic rings. The van der Waals surface area contributed by atoms with E-state index in [0.717, 1.165) is 34.9 Å². The van der Waals surface area contributed by atoms with E-state index < -0.39 is 21.7 Å². The number of piperazine rings is 1. The molecule has 5 nitrogen and oxygen atoms in total.